The van der Waals surface area contributed by atoms with E-state index in [1.807, 2.05) is 6.07 Å². The fourth-order valence-electron chi connectivity index (χ4n) is 1.35. The van der Waals surface area contributed by atoms with E-state index in [4.69, 9.17) is 11.0 Å². The summed E-state index contributed by atoms with van der Waals surface area (Å²) >= 11 is 0. The Morgan fingerprint density at radius 2 is 2.18 bits per heavy atom. The fraction of sp³-hybridized carbons (Fsp3) is 0.273. The maximum atomic E-state index is 13.4. The van der Waals surface area contributed by atoms with Gasteiger partial charge in [-0.05, 0) is 17.7 Å². The molecular weight excluding hydrogens is 227 g/mol. The van der Waals surface area contributed by atoms with Gasteiger partial charge in [0.15, 0.2) is 6.10 Å². The van der Waals surface area contributed by atoms with E-state index < -0.39 is 23.9 Å². The van der Waals surface area contributed by atoms with Gasteiger partial charge in [-0.1, -0.05) is 6.07 Å². The number of aliphatic hydroxyl groups is 2. The molecule has 6 heteroatoms. The minimum atomic E-state index is -1.89. The predicted octanol–water partition coefficient (Wildman–Crippen LogP) is -0.229. The van der Waals surface area contributed by atoms with E-state index in [0.717, 1.165) is 6.07 Å². The van der Waals surface area contributed by atoms with Crippen molar-refractivity contribution < 1.29 is 19.4 Å². The number of primary amides is 1. The summed E-state index contributed by atoms with van der Waals surface area (Å²) < 4.78 is 13.4. The van der Waals surface area contributed by atoms with Gasteiger partial charge in [-0.25, -0.2) is 4.39 Å². The van der Waals surface area contributed by atoms with Crippen LogP contribution in [0.25, 0.3) is 0 Å². The Bertz CT molecular complexity index is 470. The molecule has 1 aromatic carbocycles. The summed E-state index contributed by atoms with van der Waals surface area (Å²) in [5.74, 6) is -1.93. The van der Waals surface area contributed by atoms with Gasteiger partial charge in [-0.3, -0.25) is 4.79 Å². The van der Waals surface area contributed by atoms with Crippen LogP contribution in [0.15, 0.2) is 18.2 Å². The molecule has 90 valence electrons. The van der Waals surface area contributed by atoms with Crippen LogP contribution in [0.1, 0.15) is 17.2 Å². The topological polar surface area (TPSA) is 107 Å². The lowest BCUT2D eigenvalue weighted by Gasteiger charge is -2.16. The van der Waals surface area contributed by atoms with Crippen LogP contribution in [0.4, 0.5) is 4.39 Å². The fourth-order valence-corrected chi connectivity index (χ4v) is 1.35. The molecule has 0 saturated heterocycles. The molecule has 0 spiro atoms. The molecule has 2 unspecified atom stereocenters. The normalized spacial score (nSPS) is 13.8. The first-order valence-electron chi connectivity index (χ1n) is 4.78. The molecule has 1 aromatic rings. The van der Waals surface area contributed by atoms with Crippen LogP contribution in [-0.2, 0) is 11.2 Å². The van der Waals surface area contributed by atoms with Crippen molar-refractivity contribution in [2.75, 3.05) is 0 Å². The molecular formula is C11H11FN2O3. The minimum absolute atomic E-state index is 0.0344. The maximum Gasteiger partial charge on any atom is 0.249 e. The quantitative estimate of drug-likeness (QED) is 0.673. The Labute approximate surface area is 96.9 Å². The first-order chi connectivity index (χ1) is 7.97. The number of hydrogen-bond acceptors (Lipinski definition) is 4. The van der Waals surface area contributed by atoms with E-state index in [2.05, 4.69) is 0 Å². The molecule has 1 amide bonds. The molecule has 0 heterocycles. The smallest absolute Gasteiger partial charge is 0.249 e. The zero-order valence-corrected chi connectivity index (χ0v) is 8.80. The van der Waals surface area contributed by atoms with E-state index in [-0.39, 0.29) is 12.0 Å². The van der Waals surface area contributed by atoms with Crippen LogP contribution in [0.5, 0.6) is 0 Å². The molecule has 0 bridgehead atoms. The Morgan fingerprint density at radius 1 is 1.53 bits per heavy atom. The van der Waals surface area contributed by atoms with Crippen LogP contribution in [0, 0.1) is 17.1 Å². The number of carbonyl (C=O) groups is 1. The van der Waals surface area contributed by atoms with Gasteiger partial charge >= 0.3 is 0 Å². The highest BCUT2D eigenvalue weighted by atomic mass is 19.1. The lowest BCUT2D eigenvalue weighted by molar-refractivity contribution is -0.132. The molecule has 5 nitrogen and oxygen atoms in total. The van der Waals surface area contributed by atoms with Gasteiger partial charge in [0.25, 0.3) is 0 Å². The van der Waals surface area contributed by atoms with Gasteiger partial charge in [0.2, 0.25) is 5.91 Å². The van der Waals surface area contributed by atoms with Gasteiger partial charge in [-0.2, -0.15) is 5.26 Å². The molecule has 0 saturated carbocycles. The van der Waals surface area contributed by atoms with Crippen LogP contribution in [0.3, 0.4) is 0 Å². The molecule has 0 aliphatic carbocycles. The van der Waals surface area contributed by atoms with Crippen molar-refractivity contribution in [3.05, 3.63) is 35.1 Å². The van der Waals surface area contributed by atoms with Gasteiger partial charge in [-0.15, -0.1) is 0 Å². The SMILES string of the molecule is N#CCc1ccc(F)c(C(O)C(O)C(N)=O)c1. The van der Waals surface area contributed by atoms with E-state index in [1.54, 1.807) is 0 Å². The third-order valence-electron chi connectivity index (χ3n) is 2.25. The zero-order chi connectivity index (χ0) is 13.0. The third kappa shape index (κ3) is 3.00. The molecule has 0 aliphatic heterocycles. The molecule has 0 radical (unpaired) electrons. The molecule has 0 fully saturated rings. The van der Waals surface area contributed by atoms with Crippen molar-refractivity contribution in [3.8, 4) is 6.07 Å². The summed E-state index contributed by atoms with van der Waals surface area (Å²) in [6, 6.07) is 5.52. The van der Waals surface area contributed by atoms with Crippen molar-refractivity contribution >= 4 is 5.91 Å². The molecule has 4 N–H and O–H groups in total. The average Bonchev–Trinajstić information content (AvgIpc) is 2.30. The second-order valence-corrected chi connectivity index (χ2v) is 3.48. The molecule has 0 aromatic heterocycles. The minimum Gasteiger partial charge on any atom is -0.385 e. The summed E-state index contributed by atoms with van der Waals surface area (Å²) in [6.07, 6.45) is -3.60. The number of benzene rings is 1. The summed E-state index contributed by atoms with van der Waals surface area (Å²) in [5, 5.41) is 27.3. The predicted molar refractivity (Wildman–Crippen MR) is 55.9 cm³/mol. The zero-order valence-electron chi connectivity index (χ0n) is 8.80. The Morgan fingerprint density at radius 3 is 2.71 bits per heavy atom. The van der Waals surface area contributed by atoms with Gasteiger partial charge in [0.05, 0.1) is 12.5 Å². The Kier molecular flexibility index (Phi) is 4.15. The molecule has 2 atom stereocenters. The number of hydrogen-bond donors (Lipinski definition) is 3. The Hall–Kier alpha value is -1.97. The second kappa shape index (κ2) is 5.39. The van der Waals surface area contributed by atoms with Crippen LogP contribution >= 0.6 is 0 Å². The summed E-state index contributed by atoms with van der Waals surface area (Å²) in [7, 11) is 0. The number of halogens is 1. The van der Waals surface area contributed by atoms with Crippen molar-refractivity contribution in [1.29, 1.82) is 5.26 Å². The van der Waals surface area contributed by atoms with Crippen molar-refractivity contribution in [2.45, 2.75) is 18.6 Å². The van der Waals surface area contributed by atoms with Crippen LogP contribution in [-0.4, -0.2) is 22.2 Å². The van der Waals surface area contributed by atoms with Gasteiger partial charge in [0.1, 0.15) is 11.9 Å². The second-order valence-electron chi connectivity index (χ2n) is 3.48. The van der Waals surface area contributed by atoms with E-state index in [1.165, 1.54) is 12.1 Å². The highest BCUT2D eigenvalue weighted by Crippen LogP contribution is 2.21. The Balaban J connectivity index is 3.08. The van der Waals surface area contributed by atoms with Crippen molar-refractivity contribution in [1.82, 2.24) is 0 Å². The number of nitrogens with zero attached hydrogens (tertiary/aromatic N) is 1. The summed E-state index contributed by atoms with van der Waals surface area (Å²) in [6.45, 7) is 0. The number of nitrogens with two attached hydrogens (primary N) is 1. The van der Waals surface area contributed by atoms with Crippen LogP contribution < -0.4 is 5.73 Å². The first-order valence-corrected chi connectivity index (χ1v) is 4.78. The van der Waals surface area contributed by atoms with E-state index in [9.17, 15) is 19.4 Å². The highest BCUT2D eigenvalue weighted by molar-refractivity contribution is 5.79. The van der Waals surface area contributed by atoms with Gasteiger partial charge in [0, 0.05) is 5.56 Å². The third-order valence-corrected chi connectivity index (χ3v) is 2.25. The standard InChI is InChI=1S/C11H11FN2O3/c12-8-2-1-6(3-4-13)5-7(8)9(15)10(16)11(14)17/h1-2,5,9-10,15-16H,3H2,(H2,14,17). The van der Waals surface area contributed by atoms with Crippen LogP contribution in [0.2, 0.25) is 0 Å². The summed E-state index contributed by atoms with van der Waals surface area (Å²) in [4.78, 5) is 10.7. The average molecular weight is 238 g/mol. The van der Waals surface area contributed by atoms with Gasteiger partial charge < -0.3 is 15.9 Å². The number of nitriles is 1. The molecule has 0 aliphatic rings. The highest BCUT2D eigenvalue weighted by Gasteiger charge is 2.26. The number of amides is 1. The van der Waals surface area contributed by atoms with E-state index in [0.29, 0.717) is 5.56 Å². The monoisotopic (exact) mass is 238 g/mol. The van der Waals surface area contributed by atoms with Crippen molar-refractivity contribution in [3.63, 3.8) is 0 Å². The first kappa shape index (κ1) is 13.1. The maximum absolute atomic E-state index is 13.4. The largest absolute Gasteiger partial charge is 0.385 e. The number of rotatable bonds is 4. The molecule has 17 heavy (non-hydrogen) atoms. The summed E-state index contributed by atoms with van der Waals surface area (Å²) in [5.41, 5.74) is 5.01. The van der Waals surface area contributed by atoms with Crippen molar-refractivity contribution in [2.24, 2.45) is 5.73 Å². The lowest BCUT2D eigenvalue weighted by atomic mass is 10.00. The number of carbonyl (C=O) groups excluding carboxylic acids is 1. The van der Waals surface area contributed by atoms with E-state index >= 15 is 0 Å². The lowest BCUT2D eigenvalue weighted by Crippen LogP contribution is -2.34. The number of aliphatic hydroxyl groups excluding tert-OH is 2. The molecule has 1 rings (SSSR count).